The molecule has 1 N–H and O–H groups in total. The van der Waals surface area contributed by atoms with Crippen molar-refractivity contribution in [2.45, 2.75) is 6.04 Å². The first-order valence-electron chi connectivity index (χ1n) is 5.11. The number of halogens is 2. The summed E-state index contributed by atoms with van der Waals surface area (Å²) in [6.45, 7) is 0. The second-order valence-corrected chi connectivity index (χ2v) is 4.28. The number of nitrogens with one attached hydrogen (secondary N) is 1. The van der Waals surface area contributed by atoms with Crippen LogP contribution in [0, 0.1) is 0 Å². The zero-order chi connectivity index (χ0) is 12.3. The van der Waals surface area contributed by atoms with Crippen LogP contribution < -0.4 is 5.32 Å². The topological polar surface area (TPSA) is 37.8 Å². The van der Waals surface area contributed by atoms with Gasteiger partial charge in [-0.1, -0.05) is 35.3 Å². The van der Waals surface area contributed by atoms with Crippen LogP contribution in [0.1, 0.15) is 17.3 Å². The lowest BCUT2D eigenvalue weighted by Gasteiger charge is -2.17. The van der Waals surface area contributed by atoms with Gasteiger partial charge in [0.25, 0.3) is 0 Å². The van der Waals surface area contributed by atoms with Gasteiger partial charge in [0.2, 0.25) is 0 Å². The van der Waals surface area contributed by atoms with Crippen LogP contribution in [-0.2, 0) is 0 Å². The third kappa shape index (κ3) is 2.57. The van der Waals surface area contributed by atoms with Gasteiger partial charge in [-0.25, -0.2) is 9.97 Å². The highest BCUT2D eigenvalue weighted by atomic mass is 35.5. The van der Waals surface area contributed by atoms with Gasteiger partial charge in [-0.05, 0) is 24.7 Å². The van der Waals surface area contributed by atoms with Crippen LogP contribution in [0.15, 0.2) is 36.8 Å². The van der Waals surface area contributed by atoms with Crippen LogP contribution in [0.25, 0.3) is 0 Å². The van der Waals surface area contributed by atoms with Gasteiger partial charge in [-0.3, -0.25) is 0 Å². The van der Waals surface area contributed by atoms with Gasteiger partial charge in [-0.15, -0.1) is 0 Å². The fourth-order valence-corrected chi connectivity index (χ4v) is 2.09. The molecule has 2 rings (SSSR count). The van der Waals surface area contributed by atoms with E-state index in [4.69, 9.17) is 23.2 Å². The third-order valence-electron chi connectivity index (χ3n) is 2.48. The smallest absolute Gasteiger partial charge is 0.115 e. The molecule has 0 amide bonds. The van der Waals surface area contributed by atoms with E-state index in [1.165, 1.54) is 6.33 Å². The Balaban J connectivity index is 2.46. The molecular formula is C12H11Cl2N3. The lowest BCUT2D eigenvalue weighted by molar-refractivity contribution is 0.668. The molecule has 0 bridgehead atoms. The van der Waals surface area contributed by atoms with Gasteiger partial charge in [0, 0.05) is 6.20 Å². The Morgan fingerprint density at radius 2 is 2.06 bits per heavy atom. The summed E-state index contributed by atoms with van der Waals surface area (Å²) < 4.78 is 0. The number of rotatable bonds is 3. The number of benzene rings is 1. The molecule has 1 heterocycles. The van der Waals surface area contributed by atoms with E-state index in [1.807, 2.05) is 25.2 Å². The van der Waals surface area contributed by atoms with Crippen molar-refractivity contribution >= 4 is 23.2 Å². The van der Waals surface area contributed by atoms with Gasteiger partial charge in [-0.2, -0.15) is 0 Å². The van der Waals surface area contributed by atoms with Crippen molar-refractivity contribution in [2.24, 2.45) is 0 Å². The van der Waals surface area contributed by atoms with Crippen molar-refractivity contribution in [1.29, 1.82) is 0 Å². The van der Waals surface area contributed by atoms with E-state index in [0.717, 1.165) is 11.3 Å². The molecule has 0 spiro atoms. The van der Waals surface area contributed by atoms with Crippen molar-refractivity contribution in [2.75, 3.05) is 7.05 Å². The van der Waals surface area contributed by atoms with Gasteiger partial charge < -0.3 is 5.32 Å². The minimum Gasteiger partial charge on any atom is -0.308 e. The fraction of sp³-hybridized carbons (Fsp3) is 0.167. The second kappa shape index (κ2) is 5.45. The van der Waals surface area contributed by atoms with Crippen molar-refractivity contribution in [3.05, 3.63) is 58.1 Å². The fourth-order valence-electron chi connectivity index (χ4n) is 1.68. The monoisotopic (exact) mass is 267 g/mol. The third-order valence-corrected chi connectivity index (χ3v) is 3.32. The first-order valence-corrected chi connectivity index (χ1v) is 5.86. The second-order valence-electron chi connectivity index (χ2n) is 3.50. The quantitative estimate of drug-likeness (QED) is 0.929. The number of aromatic nitrogens is 2. The molecule has 0 saturated heterocycles. The molecule has 0 radical (unpaired) electrons. The van der Waals surface area contributed by atoms with Gasteiger partial charge in [0.1, 0.15) is 6.33 Å². The lowest BCUT2D eigenvalue weighted by Crippen LogP contribution is -2.19. The van der Waals surface area contributed by atoms with Crippen LogP contribution in [0.2, 0.25) is 10.0 Å². The molecule has 0 saturated carbocycles. The minimum atomic E-state index is -0.0933. The van der Waals surface area contributed by atoms with Crippen molar-refractivity contribution in [1.82, 2.24) is 15.3 Å². The Labute approximate surface area is 110 Å². The molecule has 1 aromatic heterocycles. The zero-order valence-corrected chi connectivity index (χ0v) is 10.7. The predicted molar refractivity (Wildman–Crippen MR) is 69.4 cm³/mol. The Morgan fingerprint density at radius 3 is 2.71 bits per heavy atom. The average molecular weight is 268 g/mol. The highest BCUT2D eigenvalue weighted by Gasteiger charge is 2.17. The highest BCUT2D eigenvalue weighted by molar-refractivity contribution is 6.42. The van der Waals surface area contributed by atoms with Crippen LogP contribution in [-0.4, -0.2) is 17.0 Å². The van der Waals surface area contributed by atoms with Crippen LogP contribution in [0.5, 0.6) is 0 Å². The summed E-state index contributed by atoms with van der Waals surface area (Å²) in [5, 5.41) is 4.26. The molecule has 17 heavy (non-hydrogen) atoms. The maximum absolute atomic E-state index is 6.20. The molecule has 0 aliphatic carbocycles. The Hall–Kier alpha value is -1.16. The van der Waals surface area contributed by atoms with Crippen LogP contribution in [0.3, 0.4) is 0 Å². The lowest BCUT2D eigenvalue weighted by atomic mass is 10.0. The average Bonchev–Trinajstić information content (AvgIpc) is 2.37. The summed E-state index contributed by atoms with van der Waals surface area (Å²) in [7, 11) is 1.85. The molecule has 0 fully saturated rings. The maximum Gasteiger partial charge on any atom is 0.115 e. The van der Waals surface area contributed by atoms with E-state index < -0.39 is 0 Å². The summed E-state index contributed by atoms with van der Waals surface area (Å²) in [4.78, 5) is 8.12. The molecule has 88 valence electrons. The summed E-state index contributed by atoms with van der Waals surface area (Å²) in [5.74, 6) is 0. The Morgan fingerprint density at radius 1 is 1.24 bits per heavy atom. The molecule has 1 unspecified atom stereocenters. The number of hydrogen-bond acceptors (Lipinski definition) is 3. The molecule has 2 aromatic rings. The predicted octanol–water partition coefficient (Wildman–Crippen LogP) is 3.09. The first-order chi connectivity index (χ1) is 8.24. The summed E-state index contributed by atoms with van der Waals surface area (Å²) >= 11 is 12.2. The van der Waals surface area contributed by atoms with Gasteiger partial charge >= 0.3 is 0 Å². The SMILES string of the molecule is CNC(c1ccncn1)c1cccc(Cl)c1Cl. The van der Waals surface area contributed by atoms with Gasteiger partial charge in [0.05, 0.1) is 21.8 Å². The van der Waals surface area contributed by atoms with Crippen LogP contribution in [0.4, 0.5) is 0 Å². The molecule has 3 nitrogen and oxygen atoms in total. The standard InChI is InChI=1S/C12H11Cl2N3/c1-15-12(10-5-6-16-7-17-10)8-3-2-4-9(13)11(8)14/h2-7,12,15H,1H3. The Kier molecular flexibility index (Phi) is 3.94. The van der Waals surface area contributed by atoms with E-state index in [-0.39, 0.29) is 6.04 Å². The van der Waals surface area contributed by atoms with E-state index in [0.29, 0.717) is 10.0 Å². The van der Waals surface area contributed by atoms with Crippen LogP contribution >= 0.6 is 23.2 Å². The van der Waals surface area contributed by atoms with E-state index in [9.17, 15) is 0 Å². The molecule has 0 aliphatic heterocycles. The summed E-state index contributed by atoms with van der Waals surface area (Å²) in [5.41, 5.74) is 1.76. The summed E-state index contributed by atoms with van der Waals surface area (Å²) in [6, 6.07) is 7.31. The number of nitrogens with zero attached hydrogens (tertiary/aromatic N) is 2. The zero-order valence-electron chi connectivity index (χ0n) is 9.19. The van der Waals surface area contributed by atoms with E-state index >= 15 is 0 Å². The Bertz CT molecular complexity index is 502. The largest absolute Gasteiger partial charge is 0.308 e. The van der Waals surface area contributed by atoms with Crippen molar-refractivity contribution in [3.63, 3.8) is 0 Å². The van der Waals surface area contributed by atoms with E-state index in [2.05, 4.69) is 15.3 Å². The molecule has 0 aliphatic rings. The summed E-state index contributed by atoms with van der Waals surface area (Å²) in [6.07, 6.45) is 3.21. The molecule has 1 atom stereocenters. The maximum atomic E-state index is 6.20. The molecule has 5 heteroatoms. The van der Waals surface area contributed by atoms with Gasteiger partial charge in [0.15, 0.2) is 0 Å². The highest BCUT2D eigenvalue weighted by Crippen LogP contribution is 2.32. The first kappa shape index (κ1) is 12.3. The van der Waals surface area contributed by atoms with Crippen molar-refractivity contribution in [3.8, 4) is 0 Å². The minimum absolute atomic E-state index is 0.0933. The van der Waals surface area contributed by atoms with E-state index in [1.54, 1.807) is 12.3 Å². The molecule has 1 aromatic carbocycles. The van der Waals surface area contributed by atoms with Crippen molar-refractivity contribution < 1.29 is 0 Å². The molecular weight excluding hydrogens is 257 g/mol. The number of hydrogen-bond donors (Lipinski definition) is 1. The normalized spacial score (nSPS) is 12.4.